The molecule has 1 aromatic rings. The minimum absolute atomic E-state index is 0.0123. The number of nitrogens with zero attached hydrogens (tertiary/aromatic N) is 1. The molecule has 0 aromatic heterocycles. The Balaban J connectivity index is 2.01. The molecule has 0 spiro atoms. The summed E-state index contributed by atoms with van der Waals surface area (Å²) in [7, 11) is 0. The van der Waals surface area contributed by atoms with Crippen molar-refractivity contribution in [3.63, 3.8) is 0 Å². The van der Waals surface area contributed by atoms with Crippen molar-refractivity contribution < 1.29 is 9.63 Å². The molecular formula is C12H15NO2. The van der Waals surface area contributed by atoms with Gasteiger partial charge >= 0.3 is 0 Å². The number of hydroxylamine groups is 2. The minimum Gasteiger partial charge on any atom is -0.270 e. The maximum Gasteiger partial charge on any atom is 0.278 e. The summed E-state index contributed by atoms with van der Waals surface area (Å²) in [4.78, 5) is 17.2. The molecule has 3 nitrogen and oxygen atoms in total. The lowest BCUT2D eigenvalue weighted by Crippen LogP contribution is -2.24. The molecular weight excluding hydrogens is 190 g/mol. The van der Waals surface area contributed by atoms with Gasteiger partial charge in [0.2, 0.25) is 0 Å². The van der Waals surface area contributed by atoms with Crippen LogP contribution in [0.2, 0.25) is 0 Å². The molecule has 0 atom stereocenters. The topological polar surface area (TPSA) is 29.5 Å². The highest BCUT2D eigenvalue weighted by molar-refractivity contribution is 5.97. The molecule has 3 heteroatoms. The summed E-state index contributed by atoms with van der Waals surface area (Å²) < 4.78 is 0. The van der Waals surface area contributed by atoms with Crippen LogP contribution in [0.15, 0.2) is 24.3 Å². The molecule has 15 heavy (non-hydrogen) atoms. The molecule has 0 N–H and O–H groups in total. The molecule has 1 aliphatic rings. The number of unbranched alkanes of at least 4 members (excludes halogenated alkanes) is 1. The smallest absolute Gasteiger partial charge is 0.270 e. The minimum atomic E-state index is -0.0123. The maximum atomic E-state index is 11.8. The highest BCUT2D eigenvalue weighted by Crippen LogP contribution is 2.22. The Labute approximate surface area is 89.6 Å². The van der Waals surface area contributed by atoms with E-state index in [1.54, 1.807) is 0 Å². The van der Waals surface area contributed by atoms with Gasteiger partial charge in [0, 0.05) is 5.56 Å². The van der Waals surface area contributed by atoms with Gasteiger partial charge in [0.1, 0.15) is 0 Å². The molecule has 1 heterocycles. The van der Waals surface area contributed by atoms with Crippen LogP contribution in [-0.2, 0) is 11.4 Å². The normalized spacial score (nSPS) is 14.5. The Hall–Kier alpha value is -1.35. The predicted molar refractivity (Wildman–Crippen MR) is 57.2 cm³/mol. The maximum absolute atomic E-state index is 11.8. The second kappa shape index (κ2) is 4.45. The summed E-state index contributed by atoms with van der Waals surface area (Å²) in [6, 6.07) is 7.64. The third-order valence-corrected chi connectivity index (χ3v) is 2.53. The van der Waals surface area contributed by atoms with Crippen LogP contribution in [-0.4, -0.2) is 17.6 Å². The van der Waals surface area contributed by atoms with Crippen molar-refractivity contribution >= 4 is 5.91 Å². The van der Waals surface area contributed by atoms with Crippen LogP contribution < -0.4 is 0 Å². The number of carbonyl (C=O) groups excluding carboxylic acids is 1. The van der Waals surface area contributed by atoms with Crippen molar-refractivity contribution in [2.24, 2.45) is 0 Å². The highest BCUT2D eigenvalue weighted by Gasteiger charge is 2.27. The molecule has 0 fully saturated rings. The van der Waals surface area contributed by atoms with Gasteiger partial charge in [-0.2, -0.15) is 0 Å². The molecule has 1 aliphatic heterocycles. The van der Waals surface area contributed by atoms with Gasteiger partial charge in [-0.1, -0.05) is 31.5 Å². The van der Waals surface area contributed by atoms with Crippen molar-refractivity contribution in [1.29, 1.82) is 0 Å². The van der Waals surface area contributed by atoms with Crippen molar-refractivity contribution in [2.45, 2.75) is 26.3 Å². The number of rotatable bonds is 4. The number of benzene rings is 1. The number of hydrogen-bond donors (Lipinski definition) is 0. The van der Waals surface area contributed by atoms with Gasteiger partial charge in [0.25, 0.3) is 5.91 Å². The van der Waals surface area contributed by atoms with E-state index >= 15 is 0 Å². The van der Waals surface area contributed by atoms with Crippen LogP contribution in [0, 0.1) is 0 Å². The second-order valence-electron chi connectivity index (χ2n) is 3.69. The first-order valence-corrected chi connectivity index (χ1v) is 5.35. The summed E-state index contributed by atoms with van der Waals surface area (Å²) in [5.74, 6) is -0.0123. The predicted octanol–water partition coefficient (Wildman–Crippen LogP) is 2.37. The van der Waals surface area contributed by atoms with E-state index in [9.17, 15) is 4.79 Å². The van der Waals surface area contributed by atoms with Gasteiger partial charge in [-0.15, -0.1) is 0 Å². The van der Waals surface area contributed by atoms with Crippen LogP contribution in [0.4, 0.5) is 0 Å². The summed E-state index contributed by atoms with van der Waals surface area (Å²) in [6.45, 7) is 3.30. The highest BCUT2D eigenvalue weighted by atomic mass is 16.7. The van der Waals surface area contributed by atoms with Gasteiger partial charge in [-0.3, -0.25) is 9.63 Å². The lowest BCUT2D eigenvalue weighted by Gasteiger charge is -2.14. The Kier molecular flexibility index (Phi) is 3.02. The van der Waals surface area contributed by atoms with E-state index in [1.165, 1.54) is 5.06 Å². The number of hydrogen-bond acceptors (Lipinski definition) is 2. The molecule has 1 amide bonds. The van der Waals surface area contributed by atoms with E-state index in [1.807, 2.05) is 24.3 Å². The number of amides is 1. The summed E-state index contributed by atoms with van der Waals surface area (Å²) >= 11 is 0. The van der Waals surface area contributed by atoms with Crippen LogP contribution in [0.1, 0.15) is 35.7 Å². The zero-order valence-electron chi connectivity index (χ0n) is 8.90. The zero-order valence-corrected chi connectivity index (χ0v) is 8.90. The molecule has 2 rings (SSSR count). The van der Waals surface area contributed by atoms with E-state index in [2.05, 4.69) is 6.92 Å². The zero-order chi connectivity index (χ0) is 10.7. The van der Waals surface area contributed by atoms with Gasteiger partial charge in [-0.25, -0.2) is 5.06 Å². The molecule has 0 bridgehead atoms. The Morgan fingerprint density at radius 3 is 2.93 bits per heavy atom. The standard InChI is InChI=1S/C12H15NO2/c1-2-3-8-15-13-9-10-6-4-5-7-11(10)12(13)14/h4-7H,2-3,8-9H2,1H3. The molecule has 0 saturated heterocycles. The van der Waals surface area contributed by atoms with E-state index in [0.29, 0.717) is 13.2 Å². The fourth-order valence-corrected chi connectivity index (χ4v) is 1.65. The van der Waals surface area contributed by atoms with Crippen molar-refractivity contribution in [3.8, 4) is 0 Å². The van der Waals surface area contributed by atoms with Gasteiger partial charge < -0.3 is 0 Å². The molecule has 0 saturated carbocycles. The van der Waals surface area contributed by atoms with E-state index in [0.717, 1.165) is 24.0 Å². The van der Waals surface area contributed by atoms with Crippen LogP contribution in [0.3, 0.4) is 0 Å². The Bertz CT molecular complexity index is 362. The average Bonchev–Trinajstić information content (AvgIpc) is 2.57. The quantitative estimate of drug-likeness (QED) is 0.706. The lowest BCUT2D eigenvalue weighted by molar-refractivity contribution is -0.125. The molecule has 0 unspecified atom stereocenters. The summed E-state index contributed by atoms with van der Waals surface area (Å²) in [5.41, 5.74) is 1.83. The van der Waals surface area contributed by atoms with Gasteiger partial charge in [0.15, 0.2) is 0 Å². The summed E-state index contributed by atoms with van der Waals surface area (Å²) in [5, 5.41) is 1.46. The molecule has 1 aromatic carbocycles. The molecule has 0 radical (unpaired) electrons. The molecule has 80 valence electrons. The monoisotopic (exact) mass is 205 g/mol. The molecule has 0 aliphatic carbocycles. The first kappa shape index (κ1) is 10.2. The van der Waals surface area contributed by atoms with E-state index in [-0.39, 0.29) is 5.91 Å². The van der Waals surface area contributed by atoms with Crippen molar-refractivity contribution in [3.05, 3.63) is 35.4 Å². The fraction of sp³-hybridized carbons (Fsp3) is 0.417. The van der Waals surface area contributed by atoms with Gasteiger partial charge in [0.05, 0.1) is 13.2 Å². The largest absolute Gasteiger partial charge is 0.278 e. The average molecular weight is 205 g/mol. The lowest BCUT2D eigenvalue weighted by atomic mass is 10.1. The Morgan fingerprint density at radius 2 is 2.20 bits per heavy atom. The second-order valence-corrected chi connectivity index (χ2v) is 3.69. The van der Waals surface area contributed by atoms with Crippen molar-refractivity contribution in [1.82, 2.24) is 5.06 Å². The fourth-order valence-electron chi connectivity index (χ4n) is 1.65. The summed E-state index contributed by atoms with van der Waals surface area (Å²) in [6.07, 6.45) is 2.06. The van der Waals surface area contributed by atoms with Crippen LogP contribution >= 0.6 is 0 Å². The van der Waals surface area contributed by atoms with E-state index < -0.39 is 0 Å². The van der Waals surface area contributed by atoms with Crippen LogP contribution in [0.5, 0.6) is 0 Å². The number of carbonyl (C=O) groups is 1. The first-order chi connectivity index (χ1) is 7.33. The third-order valence-electron chi connectivity index (χ3n) is 2.53. The third kappa shape index (κ3) is 2.02. The van der Waals surface area contributed by atoms with Gasteiger partial charge in [-0.05, 0) is 18.1 Å². The van der Waals surface area contributed by atoms with Crippen molar-refractivity contribution in [2.75, 3.05) is 6.61 Å². The first-order valence-electron chi connectivity index (χ1n) is 5.35. The Morgan fingerprint density at radius 1 is 1.40 bits per heavy atom. The van der Waals surface area contributed by atoms with E-state index in [4.69, 9.17) is 4.84 Å². The van der Waals surface area contributed by atoms with Crippen LogP contribution in [0.25, 0.3) is 0 Å². The SMILES string of the molecule is CCCCON1Cc2ccccc2C1=O. The number of fused-ring (bicyclic) bond motifs is 1.